The van der Waals surface area contributed by atoms with E-state index in [1.54, 1.807) is 6.92 Å². The molecule has 7 heteroatoms. The van der Waals surface area contributed by atoms with E-state index in [-0.39, 0.29) is 18.1 Å². The minimum atomic E-state index is -4.56. The molecule has 1 aliphatic carbocycles. The van der Waals surface area contributed by atoms with Crippen LogP contribution in [0.1, 0.15) is 31.7 Å². The fraction of sp³-hybridized carbons (Fsp3) is 0.412. The van der Waals surface area contributed by atoms with Crippen LogP contribution in [0.25, 0.3) is 0 Å². The molecule has 0 atom stereocenters. The van der Waals surface area contributed by atoms with Gasteiger partial charge in [0.05, 0.1) is 11.3 Å². The molecule has 2 rings (SSSR count). The summed E-state index contributed by atoms with van der Waals surface area (Å²) in [6, 6.07) is 4.77. The zero-order valence-corrected chi connectivity index (χ0v) is 13.3. The fourth-order valence-electron chi connectivity index (χ4n) is 2.60. The maximum atomic E-state index is 12.9. The van der Waals surface area contributed by atoms with E-state index < -0.39 is 17.6 Å². The maximum absolute atomic E-state index is 12.9. The predicted octanol–water partition coefficient (Wildman–Crippen LogP) is 3.60. The Bertz CT molecular complexity index is 653. The average Bonchev–Trinajstić information content (AvgIpc) is 3.06. The lowest BCUT2D eigenvalue weighted by Crippen LogP contribution is -2.38. The van der Waals surface area contributed by atoms with Gasteiger partial charge in [-0.3, -0.25) is 9.59 Å². The molecule has 0 saturated heterocycles. The number of allylic oxidation sites excluding steroid dienone is 1. The van der Waals surface area contributed by atoms with E-state index in [9.17, 15) is 22.8 Å². The molecule has 1 N–H and O–H groups in total. The zero-order valence-electron chi connectivity index (χ0n) is 13.3. The Balaban J connectivity index is 2.06. The molecule has 0 fully saturated rings. The summed E-state index contributed by atoms with van der Waals surface area (Å²) in [7, 11) is 0. The molecule has 0 heterocycles. The van der Waals surface area contributed by atoms with Crippen molar-refractivity contribution in [2.24, 2.45) is 0 Å². The van der Waals surface area contributed by atoms with Crippen LogP contribution in [0.4, 0.5) is 18.9 Å². The van der Waals surface area contributed by atoms with Gasteiger partial charge in [-0.1, -0.05) is 18.2 Å². The van der Waals surface area contributed by atoms with Gasteiger partial charge < -0.3 is 10.2 Å². The molecule has 0 radical (unpaired) electrons. The number of alkyl halides is 3. The number of amides is 2. The van der Waals surface area contributed by atoms with E-state index in [1.807, 2.05) is 6.08 Å². The third-order valence-corrected chi connectivity index (χ3v) is 3.83. The number of nitrogens with zero attached hydrogens (tertiary/aromatic N) is 1. The number of para-hydroxylation sites is 1. The van der Waals surface area contributed by atoms with E-state index in [1.165, 1.54) is 23.1 Å². The number of likely N-dealkylation sites (N-methyl/N-ethyl adjacent to an activating group) is 1. The van der Waals surface area contributed by atoms with Crippen molar-refractivity contribution in [3.63, 3.8) is 0 Å². The number of hydrogen-bond donors (Lipinski definition) is 1. The van der Waals surface area contributed by atoms with Crippen LogP contribution in [0.5, 0.6) is 0 Å². The summed E-state index contributed by atoms with van der Waals surface area (Å²) in [5.41, 5.74) is -0.551. The predicted molar refractivity (Wildman–Crippen MR) is 84.3 cm³/mol. The summed E-state index contributed by atoms with van der Waals surface area (Å²) < 4.78 is 38.8. The molecule has 0 aliphatic heterocycles. The Morgan fingerprint density at radius 3 is 2.54 bits per heavy atom. The van der Waals surface area contributed by atoms with Gasteiger partial charge in [0.25, 0.3) is 0 Å². The van der Waals surface area contributed by atoms with Crippen molar-refractivity contribution in [1.29, 1.82) is 0 Å². The normalized spacial score (nSPS) is 14.2. The summed E-state index contributed by atoms with van der Waals surface area (Å²) in [4.78, 5) is 25.7. The maximum Gasteiger partial charge on any atom is 0.418 e. The molecule has 1 aliphatic rings. The standard InChI is InChI=1S/C17H19F3N2O2/c1-2-22(16(24)12-7-3-4-8-12)11-15(23)21-14-10-6-5-9-13(14)17(18,19)20/h5-7,9-10H,2-4,8,11H2,1H3,(H,21,23). The zero-order chi connectivity index (χ0) is 17.7. The van der Waals surface area contributed by atoms with E-state index in [2.05, 4.69) is 5.32 Å². The Morgan fingerprint density at radius 1 is 1.25 bits per heavy atom. The molecule has 24 heavy (non-hydrogen) atoms. The van der Waals surface area contributed by atoms with E-state index in [0.717, 1.165) is 18.9 Å². The van der Waals surface area contributed by atoms with Gasteiger partial charge in [-0.25, -0.2) is 0 Å². The lowest BCUT2D eigenvalue weighted by Gasteiger charge is -2.21. The van der Waals surface area contributed by atoms with E-state index >= 15 is 0 Å². The van der Waals surface area contributed by atoms with Crippen LogP contribution in [0, 0.1) is 0 Å². The van der Waals surface area contributed by atoms with Crippen LogP contribution in [-0.2, 0) is 15.8 Å². The summed E-state index contributed by atoms with van der Waals surface area (Å²) in [5.74, 6) is -0.880. The molecule has 0 saturated carbocycles. The first kappa shape index (κ1) is 18.0. The summed E-state index contributed by atoms with van der Waals surface area (Å²) >= 11 is 0. The fourth-order valence-corrected chi connectivity index (χ4v) is 2.60. The first-order valence-corrected chi connectivity index (χ1v) is 7.77. The van der Waals surface area contributed by atoms with Crippen molar-refractivity contribution in [2.75, 3.05) is 18.4 Å². The van der Waals surface area contributed by atoms with Crippen molar-refractivity contribution < 1.29 is 22.8 Å². The molecule has 2 amide bonds. The molecule has 1 aromatic carbocycles. The summed E-state index contributed by atoms with van der Waals surface area (Å²) in [5, 5.41) is 2.26. The lowest BCUT2D eigenvalue weighted by atomic mass is 10.1. The second kappa shape index (κ2) is 7.51. The molecular formula is C17H19F3N2O2. The molecule has 1 aromatic rings. The first-order valence-electron chi connectivity index (χ1n) is 7.77. The second-order valence-electron chi connectivity index (χ2n) is 5.53. The SMILES string of the molecule is CCN(CC(=O)Nc1ccccc1C(F)(F)F)C(=O)C1=CCCC1. The van der Waals surface area contributed by atoms with Crippen LogP contribution in [-0.4, -0.2) is 29.8 Å². The van der Waals surface area contributed by atoms with Crippen molar-refractivity contribution in [3.8, 4) is 0 Å². The molecular weight excluding hydrogens is 321 g/mol. The smallest absolute Gasteiger partial charge is 0.330 e. The van der Waals surface area contributed by atoms with Crippen LogP contribution >= 0.6 is 0 Å². The quantitative estimate of drug-likeness (QED) is 0.890. The first-order chi connectivity index (χ1) is 11.3. The molecule has 0 spiro atoms. The number of rotatable bonds is 5. The highest BCUT2D eigenvalue weighted by Crippen LogP contribution is 2.34. The van der Waals surface area contributed by atoms with Gasteiger partial charge >= 0.3 is 6.18 Å². The molecule has 0 aromatic heterocycles. The van der Waals surface area contributed by atoms with Gasteiger partial charge in [0, 0.05) is 12.1 Å². The van der Waals surface area contributed by atoms with Crippen LogP contribution < -0.4 is 5.32 Å². The van der Waals surface area contributed by atoms with Gasteiger partial charge in [0.2, 0.25) is 11.8 Å². The van der Waals surface area contributed by atoms with Crippen molar-refractivity contribution in [2.45, 2.75) is 32.4 Å². The molecule has 0 unspecified atom stereocenters. The number of nitrogens with one attached hydrogen (secondary N) is 1. The van der Waals surface area contributed by atoms with Gasteiger partial charge in [0.15, 0.2) is 0 Å². The Hall–Kier alpha value is -2.31. The largest absolute Gasteiger partial charge is 0.418 e. The highest BCUT2D eigenvalue weighted by atomic mass is 19.4. The Labute approximate surface area is 138 Å². The third-order valence-electron chi connectivity index (χ3n) is 3.83. The minimum Gasteiger partial charge on any atom is -0.330 e. The number of halogens is 3. The van der Waals surface area contributed by atoms with Crippen LogP contribution in [0.3, 0.4) is 0 Å². The topological polar surface area (TPSA) is 49.4 Å². The van der Waals surface area contributed by atoms with Crippen molar-refractivity contribution in [3.05, 3.63) is 41.5 Å². The number of carbonyl (C=O) groups is 2. The van der Waals surface area contributed by atoms with Gasteiger partial charge in [-0.15, -0.1) is 0 Å². The van der Waals surface area contributed by atoms with Gasteiger partial charge in [-0.05, 0) is 38.3 Å². The third kappa shape index (κ3) is 4.37. The van der Waals surface area contributed by atoms with Crippen LogP contribution in [0.2, 0.25) is 0 Å². The summed E-state index contributed by atoms with van der Waals surface area (Å²) in [6.45, 7) is 1.76. The van der Waals surface area contributed by atoms with E-state index in [0.29, 0.717) is 18.5 Å². The highest BCUT2D eigenvalue weighted by Gasteiger charge is 2.33. The monoisotopic (exact) mass is 340 g/mol. The summed E-state index contributed by atoms with van der Waals surface area (Å²) in [6.07, 6.45) is -0.290. The Morgan fingerprint density at radius 2 is 1.96 bits per heavy atom. The van der Waals surface area contributed by atoms with Gasteiger partial charge in [-0.2, -0.15) is 13.2 Å². The van der Waals surface area contributed by atoms with Crippen molar-refractivity contribution in [1.82, 2.24) is 4.90 Å². The number of anilines is 1. The van der Waals surface area contributed by atoms with Crippen molar-refractivity contribution >= 4 is 17.5 Å². The number of hydrogen-bond acceptors (Lipinski definition) is 2. The van der Waals surface area contributed by atoms with Crippen LogP contribution in [0.15, 0.2) is 35.9 Å². The lowest BCUT2D eigenvalue weighted by molar-refractivity contribution is -0.137. The van der Waals surface area contributed by atoms with Gasteiger partial charge in [0.1, 0.15) is 6.54 Å². The molecule has 4 nitrogen and oxygen atoms in total. The number of benzene rings is 1. The second-order valence-corrected chi connectivity index (χ2v) is 5.53. The Kier molecular flexibility index (Phi) is 5.64. The van der Waals surface area contributed by atoms with E-state index in [4.69, 9.17) is 0 Å². The highest BCUT2D eigenvalue weighted by molar-refractivity contribution is 5.99. The minimum absolute atomic E-state index is 0.228. The average molecular weight is 340 g/mol. The molecule has 130 valence electrons. The molecule has 0 bridgehead atoms. The number of carbonyl (C=O) groups excluding carboxylic acids is 2.